The Kier molecular flexibility index (Phi) is 8.89. The van der Waals surface area contributed by atoms with E-state index in [-0.39, 0.29) is 25.9 Å². The van der Waals surface area contributed by atoms with Crippen molar-refractivity contribution in [3.8, 4) is 33.6 Å². The van der Waals surface area contributed by atoms with Gasteiger partial charge in [-0.1, -0.05) is 86.2 Å². The maximum Gasteiger partial charge on any atom is 0.121 e. The van der Waals surface area contributed by atoms with Crippen molar-refractivity contribution in [1.82, 2.24) is 9.97 Å². The van der Waals surface area contributed by atoms with Crippen LogP contribution < -0.4 is 5.19 Å². The first-order chi connectivity index (χ1) is 23.2. The number of pyridine rings is 2. The van der Waals surface area contributed by atoms with Gasteiger partial charge >= 0.3 is 0 Å². The van der Waals surface area contributed by atoms with Crippen LogP contribution in [0.4, 0.5) is 4.39 Å². The molecule has 0 saturated carbocycles. The van der Waals surface area contributed by atoms with Crippen molar-refractivity contribution in [2.24, 2.45) is 0 Å². The molecule has 3 aromatic heterocycles. The number of halogens is 1. The summed E-state index contributed by atoms with van der Waals surface area (Å²) in [5.41, 5.74) is 10.4. The van der Waals surface area contributed by atoms with Gasteiger partial charge in [0.05, 0.1) is 13.7 Å². The van der Waals surface area contributed by atoms with E-state index >= 15 is 0 Å². The molecule has 0 unspecified atom stereocenters. The van der Waals surface area contributed by atoms with Gasteiger partial charge in [0.1, 0.15) is 5.58 Å². The van der Waals surface area contributed by atoms with E-state index in [0.717, 1.165) is 22.2 Å². The van der Waals surface area contributed by atoms with E-state index < -0.39 is 14.9 Å². The summed E-state index contributed by atoms with van der Waals surface area (Å²) in [6.45, 7) is 11.1. The second-order valence-corrected chi connectivity index (χ2v) is 17.8. The summed E-state index contributed by atoms with van der Waals surface area (Å²) >= 11 is 0. The van der Waals surface area contributed by atoms with Crippen LogP contribution in [0, 0.1) is 45.6 Å². The molecule has 0 aliphatic heterocycles. The van der Waals surface area contributed by atoms with Crippen LogP contribution in [0.1, 0.15) is 26.4 Å². The molecule has 0 N–H and O–H groups in total. The van der Waals surface area contributed by atoms with E-state index in [9.17, 15) is 4.39 Å². The van der Waals surface area contributed by atoms with Gasteiger partial charge in [-0.3, -0.25) is 4.39 Å². The van der Waals surface area contributed by atoms with Crippen molar-refractivity contribution < 1.29 is 33.0 Å². The summed E-state index contributed by atoms with van der Waals surface area (Å²) in [6, 6.07) is 32.3. The number of hydrogen-bond donors (Lipinski definition) is 0. The minimum Gasteiger partial charge on any atom is -0.500 e. The van der Waals surface area contributed by atoms with Crippen molar-refractivity contribution in [3.63, 3.8) is 0 Å². The average molecular weight is 816 g/mol. The fourth-order valence-electron chi connectivity index (χ4n) is 5.86. The normalized spacial score (nSPS) is 12.4. The molecule has 4 aromatic carbocycles. The van der Waals surface area contributed by atoms with E-state index in [1.807, 2.05) is 48.7 Å². The molecule has 0 atom stereocenters. The summed E-state index contributed by atoms with van der Waals surface area (Å²) < 4.78 is 42.7. The predicted octanol–water partition coefficient (Wildman–Crippen LogP) is 10.6. The van der Waals surface area contributed by atoms with E-state index in [1.54, 1.807) is 18.3 Å². The molecule has 3 nitrogen and oxygen atoms in total. The van der Waals surface area contributed by atoms with Crippen LogP contribution in [0.15, 0.2) is 102 Å². The topological polar surface area (TPSA) is 38.9 Å². The zero-order valence-corrected chi connectivity index (χ0v) is 30.6. The molecule has 0 aliphatic rings. The standard InChI is InChI=1S/C26H19FNO.C15H18NSi.Ir/c1-15-12-16(2)24(17(3)13-15)18-10-11-28-22(14-18)19-8-9-21(27)25-20-6-4-5-7-23(20)29-26(19)25;1-12-5-7-13(8-6-12)15-10-9-14(11-16-15)17(2,3)4;/h4-7,9-14H,1-3H3;5-7,9-11H,1-4H3;/q2*-1;/i;1D3;. The Bertz CT molecular complexity index is 2220. The Morgan fingerprint density at radius 1 is 0.809 bits per heavy atom. The predicted molar refractivity (Wildman–Crippen MR) is 192 cm³/mol. The molecule has 7 rings (SSSR count). The number of fused-ring (bicyclic) bond motifs is 3. The van der Waals surface area contributed by atoms with Gasteiger partial charge in [0, 0.05) is 47.8 Å². The molecule has 6 heteroatoms. The van der Waals surface area contributed by atoms with Crippen molar-refractivity contribution in [2.75, 3.05) is 0 Å². The van der Waals surface area contributed by atoms with Crippen LogP contribution in [0.25, 0.3) is 55.6 Å². The molecule has 7 aromatic rings. The van der Waals surface area contributed by atoms with Gasteiger partial charge in [0.2, 0.25) is 0 Å². The van der Waals surface area contributed by atoms with Gasteiger partial charge in [0.25, 0.3) is 0 Å². The summed E-state index contributed by atoms with van der Waals surface area (Å²) in [5, 5.41) is 2.54. The quantitative estimate of drug-likeness (QED) is 0.131. The van der Waals surface area contributed by atoms with E-state index in [1.165, 1.54) is 39.6 Å². The number of nitrogens with zero attached hydrogens (tertiary/aromatic N) is 2. The van der Waals surface area contributed by atoms with Gasteiger partial charge in [-0.2, -0.15) is 0 Å². The summed E-state index contributed by atoms with van der Waals surface area (Å²) in [5.74, 6) is -0.338. The zero-order chi connectivity index (χ0) is 35.1. The zero-order valence-electron chi connectivity index (χ0n) is 30.3. The third-order valence-corrected chi connectivity index (χ3v) is 10.1. The average Bonchev–Trinajstić information content (AvgIpc) is 3.45. The SMILES string of the molecule is Cc1cc(C)c(-c2ccnc(-c3[c-]cc(F)c4c3oc3ccccc34)c2)c(C)c1.[2H]C([2H])([2H])c1c[c-]c(-c2ccc([Si](C)(C)C)cn2)cc1.[Ir]. The van der Waals surface area contributed by atoms with Crippen LogP contribution in [0.5, 0.6) is 0 Å². The molecule has 0 saturated heterocycles. The molecular weight excluding hydrogens is 776 g/mol. The molecular formula is C41H37FIrN2OSi-2. The van der Waals surface area contributed by atoms with Crippen LogP contribution in [-0.4, -0.2) is 18.0 Å². The minimum absolute atomic E-state index is 0. The van der Waals surface area contributed by atoms with Crippen LogP contribution >= 0.6 is 0 Å². The van der Waals surface area contributed by atoms with Crippen molar-refractivity contribution >= 4 is 35.2 Å². The largest absolute Gasteiger partial charge is 0.500 e. The van der Waals surface area contributed by atoms with Crippen molar-refractivity contribution in [2.45, 2.75) is 47.3 Å². The number of furan rings is 1. The van der Waals surface area contributed by atoms with Gasteiger partial charge in [-0.15, -0.1) is 47.5 Å². The first kappa shape index (κ1) is 30.1. The number of aryl methyl sites for hydroxylation is 4. The van der Waals surface area contributed by atoms with Gasteiger partial charge in [-0.25, -0.2) is 0 Å². The summed E-state index contributed by atoms with van der Waals surface area (Å²) in [4.78, 5) is 9.02. The van der Waals surface area contributed by atoms with Crippen LogP contribution in [0.2, 0.25) is 19.6 Å². The van der Waals surface area contributed by atoms with E-state index in [2.05, 4.69) is 80.7 Å². The molecule has 0 aliphatic carbocycles. The van der Waals surface area contributed by atoms with Crippen LogP contribution in [0.3, 0.4) is 0 Å². The maximum absolute atomic E-state index is 14.6. The van der Waals surface area contributed by atoms with Crippen molar-refractivity contribution in [1.29, 1.82) is 0 Å². The monoisotopic (exact) mass is 816 g/mol. The maximum atomic E-state index is 14.6. The molecule has 0 amide bonds. The number of hydrogen-bond acceptors (Lipinski definition) is 3. The summed E-state index contributed by atoms with van der Waals surface area (Å²) in [7, 11) is -1.34. The Balaban J connectivity index is 0.000000204. The second-order valence-electron chi connectivity index (χ2n) is 12.7. The van der Waals surface area contributed by atoms with Crippen molar-refractivity contribution in [3.05, 3.63) is 138 Å². The van der Waals surface area contributed by atoms with Gasteiger partial charge < -0.3 is 14.4 Å². The van der Waals surface area contributed by atoms with E-state index in [4.69, 9.17) is 8.53 Å². The molecule has 47 heavy (non-hydrogen) atoms. The van der Waals surface area contributed by atoms with E-state index in [0.29, 0.717) is 33.4 Å². The molecule has 0 bridgehead atoms. The number of aromatic nitrogens is 2. The Morgan fingerprint density at radius 2 is 1.57 bits per heavy atom. The number of benzene rings is 4. The summed E-state index contributed by atoms with van der Waals surface area (Å²) in [6.07, 6.45) is 3.71. The molecule has 1 radical (unpaired) electrons. The first-order valence-electron chi connectivity index (χ1n) is 16.8. The fraction of sp³-hybridized carbons (Fsp3) is 0.171. The van der Waals surface area contributed by atoms with Crippen LogP contribution in [-0.2, 0) is 20.1 Å². The Hall–Kier alpha value is -4.22. The number of rotatable bonds is 4. The molecule has 239 valence electrons. The van der Waals surface area contributed by atoms with Gasteiger partial charge in [0.15, 0.2) is 0 Å². The third-order valence-electron chi connectivity index (χ3n) is 8.10. The minimum atomic E-state index is -2.08. The second kappa shape index (κ2) is 13.9. The molecule has 0 fully saturated rings. The third kappa shape index (κ3) is 7.21. The fourth-order valence-corrected chi connectivity index (χ4v) is 6.90. The Labute approximate surface area is 295 Å². The smallest absolute Gasteiger partial charge is 0.121 e. The first-order valence-corrected chi connectivity index (χ1v) is 18.8. The Morgan fingerprint density at radius 3 is 2.23 bits per heavy atom. The number of para-hydroxylation sites is 1. The molecule has 3 heterocycles. The molecule has 0 spiro atoms. The van der Waals surface area contributed by atoms with Gasteiger partial charge in [-0.05, 0) is 77.1 Å².